The van der Waals surface area contributed by atoms with Gasteiger partial charge < -0.3 is 9.47 Å². The fourth-order valence-corrected chi connectivity index (χ4v) is 2.85. The van der Waals surface area contributed by atoms with Crippen molar-refractivity contribution < 1.29 is 14.3 Å². The number of carbonyl (C=O) groups is 1. The summed E-state index contributed by atoms with van der Waals surface area (Å²) in [5.41, 5.74) is 1.72. The molecule has 0 saturated carbocycles. The molecule has 0 radical (unpaired) electrons. The van der Waals surface area contributed by atoms with E-state index in [1.54, 1.807) is 7.11 Å². The van der Waals surface area contributed by atoms with Crippen molar-refractivity contribution >= 4 is 21.7 Å². The largest absolute Gasteiger partial charge is 0.496 e. The molecule has 1 aliphatic rings. The Morgan fingerprint density at radius 3 is 2.90 bits per heavy atom. The molecule has 1 aromatic rings. The first-order valence-corrected chi connectivity index (χ1v) is 7.90. The average Bonchev–Trinajstić information content (AvgIpc) is 2.48. The third-order valence-corrected chi connectivity index (χ3v) is 4.60. The molecule has 1 saturated heterocycles. The smallest absolute Gasteiger partial charge is 0.166 e. The van der Waals surface area contributed by atoms with E-state index < -0.39 is 0 Å². The van der Waals surface area contributed by atoms with Crippen LogP contribution in [0.4, 0.5) is 0 Å². The Bertz CT molecular complexity index is 479. The topological polar surface area (TPSA) is 35.5 Å². The Labute approximate surface area is 128 Å². The van der Waals surface area contributed by atoms with Gasteiger partial charge in [0.1, 0.15) is 5.75 Å². The SMILES string of the molecule is COc1cc(C)c(Br)cc1C(=O)CCC1CCCCO1. The second kappa shape index (κ2) is 7.23. The minimum absolute atomic E-state index is 0.122. The maximum Gasteiger partial charge on any atom is 0.166 e. The van der Waals surface area contributed by atoms with E-state index in [1.165, 1.54) is 6.42 Å². The normalized spacial score (nSPS) is 18.9. The molecule has 1 aliphatic heterocycles. The quantitative estimate of drug-likeness (QED) is 0.749. The monoisotopic (exact) mass is 340 g/mol. The van der Waals surface area contributed by atoms with Gasteiger partial charge in [0, 0.05) is 17.5 Å². The highest BCUT2D eigenvalue weighted by Gasteiger charge is 2.18. The van der Waals surface area contributed by atoms with Gasteiger partial charge in [-0.2, -0.15) is 0 Å². The van der Waals surface area contributed by atoms with Gasteiger partial charge in [0.15, 0.2) is 5.78 Å². The van der Waals surface area contributed by atoms with Crippen LogP contribution in [0.2, 0.25) is 0 Å². The summed E-state index contributed by atoms with van der Waals surface area (Å²) in [6.45, 7) is 2.81. The maximum absolute atomic E-state index is 12.4. The first-order valence-electron chi connectivity index (χ1n) is 7.10. The molecule has 0 N–H and O–H groups in total. The number of halogens is 1. The van der Waals surface area contributed by atoms with Gasteiger partial charge in [-0.3, -0.25) is 4.79 Å². The molecule has 1 aromatic carbocycles. The van der Waals surface area contributed by atoms with Crippen LogP contribution in [-0.4, -0.2) is 25.6 Å². The summed E-state index contributed by atoms with van der Waals surface area (Å²) >= 11 is 3.47. The zero-order valence-corrected chi connectivity index (χ0v) is 13.7. The number of carbonyl (C=O) groups excluding carboxylic acids is 1. The van der Waals surface area contributed by atoms with Gasteiger partial charge in [-0.15, -0.1) is 0 Å². The number of aryl methyl sites for hydroxylation is 1. The van der Waals surface area contributed by atoms with E-state index in [2.05, 4.69) is 15.9 Å². The molecule has 0 aromatic heterocycles. The molecule has 110 valence electrons. The van der Waals surface area contributed by atoms with Crippen molar-refractivity contribution in [1.82, 2.24) is 0 Å². The van der Waals surface area contributed by atoms with Crippen molar-refractivity contribution in [1.29, 1.82) is 0 Å². The first kappa shape index (κ1) is 15.5. The minimum atomic E-state index is 0.122. The standard InChI is InChI=1S/C16H21BrO3/c1-11-9-16(19-2)13(10-14(11)17)15(18)7-6-12-5-3-4-8-20-12/h9-10,12H,3-8H2,1-2H3. The van der Waals surface area contributed by atoms with Crippen molar-refractivity contribution in [3.8, 4) is 5.75 Å². The molecule has 1 atom stereocenters. The zero-order chi connectivity index (χ0) is 14.5. The van der Waals surface area contributed by atoms with Crippen molar-refractivity contribution in [2.75, 3.05) is 13.7 Å². The van der Waals surface area contributed by atoms with Gasteiger partial charge in [-0.05, 0) is 50.3 Å². The van der Waals surface area contributed by atoms with E-state index in [1.807, 2.05) is 19.1 Å². The fraction of sp³-hybridized carbons (Fsp3) is 0.562. The Hall–Kier alpha value is -0.870. The molecule has 2 rings (SSSR count). The van der Waals surface area contributed by atoms with Crippen molar-refractivity contribution in [3.05, 3.63) is 27.7 Å². The van der Waals surface area contributed by atoms with E-state index in [9.17, 15) is 4.79 Å². The lowest BCUT2D eigenvalue weighted by atomic mass is 9.99. The lowest BCUT2D eigenvalue weighted by molar-refractivity contribution is 0.0104. The summed E-state index contributed by atoms with van der Waals surface area (Å²) in [4.78, 5) is 12.4. The molecule has 0 aliphatic carbocycles. The summed E-state index contributed by atoms with van der Waals surface area (Å²) < 4.78 is 11.9. The third kappa shape index (κ3) is 3.83. The summed E-state index contributed by atoms with van der Waals surface area (Å²) in [7, 11) is 1.60. The van der Waals surface area contributed by atoms with Gasteiger partial charge >= 0.3 is 0 Å². The molecule has 20 heavy (non-hydrogen) atoms. The van der Waals surface area contributed by atoms with Crippen LogP contribution >= 0.6 is 15.9 Å². The van der Waals surface area contributed by atoms with Crippen LogP contribution < -0.4 is 4.74 Å². The molecule has 4 heteroatoms. The molecule has 1 heterocycles. The Morgan fingerprint density at radius 1 is 1.45 bits per heavy atom. The molecule has 1 fully saturated rings. The number of ether oxygens (including phenoxy) is 2. The summed E-state index contributed by atoms with van der Waals surface area (Å²) in [5.74, 6) is 0.775. The van der Waals surface area contributed by atoms with E-state index in [-0.39, 0.29) is 11.9 Å². The Morgan fingerprint density at radius 2 is 2.25 bits per heavy atom. The van der Waals surface area contributed by atoms with Crippen LogP contribution in [0.3, 0.4) is 0 Å². The van der Waals surface area contributed by atoms with Crippen LogP contribution in [0.5, 0.6) is 5.75 Å². The molecule has 0 spiro atoms. The Kier molecular flexibility index (Phi) is 5.61. The van der Waals surface area contributed by atoms with Crippen LogP contribution in [0.25, 0.3) is 0 Å². The number of hydrogen-bond donors (Lipinski definition) is 0. The van der Waals surface area contributed by atoms with E-state index in [4.69, 9.17) is 9.47 Å². The van der Waals surface area contributed by atoms with Gasteiger partial charge in [-0.1, -0.05) is 15.9 Å². The van der Waals surface area contributed by atoms with Crippen molar-refractivity contribution in [2.45, 2.75) is 45.1 Å². The van der Waals surface area contributed by atoms with Gasteiger partial charge in [0.05, 0.1) is 18.8 Å². The first-order chi connectivity index (χ1) is 9.61. The number of hydrogen-bond acceptors (Lipinski definition) is 3. The second-order valence-electron chi connectivity index (χ2n) is 5.25. The summed E-state index contributed by atoms with van der Waals surface area (Å²) in [6, 6.07) is 3.76. The average molecular weight is 341 g/mol. The van der Waals surface area contributed by atoms with Gasteiger partial charge in [0.25, 0.3) is 0 Å². The summed E-state index contributed by atoms with van der Waals surface area (Å²) in [5, 5.41) is 0. The van der Waals surface area contributed by atoms with Crippen molar-refractivity contribution in [3.63, 3.8) is 0 Å². The van der Waals surface area contributed by atoms with Crippen LogP contribution in [0.15, 0.2) is 16.6 Å². The summed E-state index contributed by atoms with van der Waals surface area (Å²) in [6.07, 6.45) is 4.97. The second-order valence-corrected chi connectivity index (χ2v) is 6.11. The van der Waals surface area contributed by atoms with Gasteiger partial charge in [0.2, 0.25) is 0 Å². The number of ketones is 1. The maximum atomic E-state index is 12.4. The molecular weight excluding hydrogens is 320 g/mol. The predicted octanol–water partition coefficient (Wildman–Crippen LogP) is 4.30. The fourth-order valence-electron chi connectivity index (χ4n) is 2.50. The molecule has 3 nitrogen and oxygen atoms in total. The molecular formula is C16H21BrO3. The van der Waals surface area contributed by atoms with Crippen LogP contribution in [-0.2, 0) is 4.74 Å². The molecule has 1 unspecified atom stereocenters. The highest BCUT2D eigenvalue weighted by Crippen LogP contribution is 2.28. The number of rotatable bonds is 5. The number of methoxy groups -OCH3 is 1. The van der Waals surface area contributed by atoms with Crippen LogP contribution in [0, 0.1) is 6.92 Å². The van der Waals surface area contributed by atoms with E-state index in [0.29, 0.717) is 17.7 Å². The molecule has 0 amide bonds. The van der Waals surface area contributed by atoms with Crippen LogP contribution in [0.1, 0.15) is 48.0 Å². The number of benzene rings is 1. The third-order valence-electron chi connectivity index (χ3n) is 3.75. The van der Waals surface area contributed by atoms with Gasteiger partial charge in [-0.25, -0.2) is 0 Å². The van der Waals surface area contributed by atoms with Crippen molar-refractivity contribution in [2.24, 2.45) is 0 Å². The van der Waals surface area contributed by atoms with E-state index in [0.717, 1.165) is 35.9 Å². The minimum Gasteiger partial charge on any atom is -0.496 e. The number of Topliss-reactive ketones (excluding diaryl/α,β-unsaturated/α-hetero) is 1. The lowest BCUT2D eigenvalue weighted by Gasteiger charge is -2.22. The Balaban J connectivity index is 2.02. The molecule has 0 bridgehead atoms. The highest BCUT2D eigenvalue weighted by molar-refractivity contribution is 9.10. The predicted molar refractivity (Wildman–Crippen MR) is 82.6 cm³/mol. The zero-order valence-electron chi connectivity index (χ0n) is 12.1. The van der Waals surface area contributed by atoms with E-state index >= 15 is 0 Å². The lowest BCUT2D eigenvalue weighted by Crippen LogP contribution is -2.20. The highest BCUT2D eigenvalue weighted by atomic mass is 79.9.